The third-order valence-corrected chi connectivity index (χ3v) is 4.64. The fourth-order valence-corrected chi connectivity index (χ4v) is 3.18. The van der Waals surface area contributed by atoms with E-state index in [1.165, 1.54) is 19.3 Å². The van der Waals surface area contributed by atoms with Crippen LogP contribution in [0.2, 0.25) is 0 Å². The first kappa shape index (κ1) is 13.7. The van der Waals surface area contributed by atoms with Gasteiger partial charge in [-0.05, 0) is 59.2 Å². The fourth-order valence-electron chi connectivity index (χ4n) is 2.82. The molecular formula is C15H22BrNO. The van der Waals surface area contributed by atoms with Gasteiger partial charge in [-0.2, -0.15) is 0 Å². The molecule has 1 aliphatic rings. The minimum Gasteiger partial charge on any atom is -0.497 e. The molecule has 3 unspecified atom stereocenters. The number of rotatable bonds is 3. The number of ether oxygens (including phenoxy) is 1. The van der Waals surface area contributed by atoms with E-state index >= 15 is 0 Å². The lowest BCUT2D eigenvalue weighted by molar-refractivity contribution is 0.276. The van der Waals surface area contributed by atoms with Crippen LogP contribution in [0.5, 0.6) is 5.75 Å². The Balaban J connectivity index is 2.08. The third-order valence-electron chi connectivity index (χ3n) is 3.95. The molecule has 0 aliphatic heterocycles. The Morgan fingerprint density at radius 1 is 1.28 bits per heavy atom. The highest BCUT2D eigenvalue weighted by Crippen LogP contribution is 2.34. The average Bonchev–Trinajstić information content (AvgIpc) is 2.35. The molecule has 0 spiro atoms. The number of halogens is 1. The largest absolute Gasteiger partial charge is 0.497 e. The molecule has 0 bridgehead atoms. The van der Waals surface area contributed by atoms with Crippen LogP contribution in [0.15, 0.2) is 22.7 Å². The number of hydrogen-bond donors (Lipinski definition) is 1. The van der Waals surface area contributed by atoms with Gasteiger partial charge in [0.2, 0.25) is 0 Å². The third kappa shape index (κ3) is 3.19. The lowest BCUT2D eigenvalue weighted by Gasteiger charge is -2.34. The monoisotopic (exact) mass is 311 g/mol. The van der Waals surface area contributed by atoms with Crippen LogP contribution < -0.4 is 10.1 Å². The number of hydrogen-bond acceptors (Lipinski definition) is 2. The van der Waals surface area contributed by atoms with Crippen LogP contribution in [-0.2, 0) is 0 Å². The Labute approximate surface area is 118 Å². The zero-order valence-electron chi connectivity index (χ0n) is 11.4. The Hall–Kier alpha value is -0.700. The second-order valence-electron chi connectivity index (χ2n) is 5.49. The summed E-state index contributed by atoms with van der Waals surface area (Å²) in [5.74, 6) is 2.50. The molecule has 18 heavy (non-hydrogen) atoms. The summed E-state index contributed by atoms with van der Waals surface area (Å²) >= 11 is 3.60. The average molecular weight is 312 g/mol. The van der Waals surface area contributed by atoms with Gasteiger partial charge in [0, 0.05) is 16.6 Å². The van der Waals surface area contributed by atoms with E-state index in [-0.39, 0.29) is 0 Å². The van der Waals surface area contributed by atoms with Crippen molar-refractivity contribution < 1.29 is 4.74 Å². The van der Waals surface area contributed by atoms with E-state index in [0.29, 0.717) is 6.04 Å². The zero-order chi connectivity index (χ0) is 13.1. The molecule has 1 N–H and O–H groups in total. The molecular weight excluding hydrogens is 290 g/mol. The van der Waals surface area contributed by atoms with Gasteiger partial charge in [0.05, 0.1) is 12.8 Å². The normalized spacial score (nSPS) is 27.9. The van der Waals surface area contributed by atoms with Crippen molar-refractivity contribution in [1.29, 1.82) is 0 Å². The number of anilines is 1. The van der Waals surface area contributed by atoms with Crippen LogP contribution in [0.3, 0.4) is 0 Å². The van der Waals surface area contributed by atoms with Gasteiger partial charge in [0.15, 0.2) is 0 Å². The first-order valence-electron chi connectivity index (χ1n) is 6.70. The van der Waals surface area contributed by atoms with Crippen LogP contribution in [0, 0.1) is 11.8 Å². The van der Waals surface area contributed by atoms with Crippen LogP contribution in [0.1, 0.15) is 33.1 Å². The Bertz CT molecular complexity index is 407. The second-order valence-corrected chi connectivity index (χ2v) is 6.35. The van der Waals surface area contributed by atoms with E-state index in [0.717, 1.165) is 27.7 Å². The predicted molar refractivity (Wildman–Crippen MR) is 80.3 cm³/mol. The topological polar surface area (TPSA) is 21.3 Å². The summed E-state index contributed by atoms with van der Waals surface area (Å²) in [5, 5.41) is 3.67. The van der Waals surface area contributed by atoms with Gasteiger partial charge in [-0.15, -0.1) is 0 Å². The number of methoxy groups -OCH3 is 1. The molecule has 1 aromatic rings. The van der Waals surface area contributed by atoms with Gasteiger partial charge >= 0.3 is 0 Å². The van der Waals surface area contributed by atoms with Crippen LogP contribution in [-0.4, -0.2) is 13.2 Å². The van der Waals surface area contributed by atoms with Crippen molar-refractivity contribution in [2.24, 2.45) is 11.8 Å². The van der Waals surface area contributed by atoms with E-state index in [1.54, 1.807) is 7.11 Å². The summed E-state index contributed by atoms with van der Waals surface area (Å²) in [5.41, 5.74) is 1.14. The minimum atomic E-state index is 0.574. The zero-order valence-corrected chi connectivity index (χ0v) is 13.0. The molecule has 0 aromatic heterocycles. The molecule has 2 rings (SSSR count). The summed E-state index contributed by atoms with van der Waals surface area (Å²) in [6.07, 6.45) is 3.90. The smallest absolute Gasteiger partial charge is 0.121 e. The van der Waals surface area contributed by atoms with E-state index in [2.05, 4.69) is 41.2 Å². The molecule has 0 heterocycles. The predicted octanol–water partition coefficient (Wildman–Crippen LogP) is 4.69. The lowest BCUT2D eigenvalue weighted by atomic mass is 9.80. The minimum absolute atomic E-state index is 0.574. The van der Waals surface area contributed by atoms with E-state index in [1.807, 2.05) is 12.1 Å². The van der Waals surface area contributed by atoms with E-state index in [4.69, 9.17) is 4.74 Å². The first-order valence-corrected chi connectivity index (χ1v) is 7.49. The molecule has 0 radical (unpaired) electrons. The van der Waals surface area contributed by atoms with Gasteiger partial charge < -0.3 is 10.1 Å². The lowest BCUT2D eigenvalue weighted by Crippen LogP contribution is -2.33. The number of nitrogens with one attached hydrogen (secondary N) is 1. The standard InChI is InChI=1S/C15H22BrNO/c1-10-4-7-14(11(2)8-10)17-15-9-12(18-3)5-6-13(15)16/h5-6,9-11,14,17H,4,7-8H2,1-3H3. The van der Waals surface area contributed by atoms with Crippen molar-refractivity contribution in [3.8, 4) is 5.75 Å². The molecule has 1 saturated carbocycles. The highest BCUT2D eigenvalue weighted by atomic mass is 79.9. The van der Waals surface area contributed by atoms with Crippen molar-refractivity contribution in [2.75, 3.05) is 12.4 Å². The van der Waals surface area contributed by atoms with Crippen molar-refractivity contribution in [2.45, 2.75) is 39.2 Å². The molecule has 3 heteroatoms. The molecule has 2 nitrogen and oxygen atoms in total. The second kappa shape index (κ2) is 5.96. The van der Waals surface area contributed by atoms with Crippen molar-refractivity contribution in [1.82, 2.24) is 0 Å². The summed E-state index contributed by atoms with van der Waals surface area (Å²) in [6, 6.07) is 6.65. The number of benzene rings is 1. The molecule has 1 aromatic carbocycles. The molecule has 3 atom stereocenters. The molecule has 1 aliphatic carbocycles. The SMILES string of the molecule is COc1ccc(Br)c(NC2CCC(C)CC2C)c1. The van der Waals surface area contributed by atoms with Crippen LogP contribution >= 0.6 is 15.9 Å². The molecule has 100 valence electrons. The van der Waals surface area contributed by atoms with Crippen molar-refractivity contribution in [3.05, 3.63) is 22.7 Å². The first-order chi connectivity index (χ1) is 8.60. The van der Waals surface area contributed by atoms with Crippen molar-refractivity contribution >= 4 is 21.6 Å². The summed E-state index contributed by atoms with van der Waals surface area (Å²) in [7, 11) is 1.71. The summed E-state index contributed by atoms with van der Waals surface area (Å²) in [4.78, 5) is 0. The highest BCUT2D eigenvalue weighted by Gasteiger charge is 2.25. The Kier molecular flexibility index (Phi) is 4.55. The van der Waals surface area contributed by atoms with Gasteiger partial charge in [-0.1, -0.05) is 13.8 Å². The molecule has 1 fully saturated rings. The van der Waals surface area contributed by atoms with Crippen molar-refractivity contribution in [3.63, 3.8) is 0 Å². The maximum Gasteiger partial charge on any atom is 0.121 e. The molecule has 0 saturated heterocycles. The molecule has 0 amide bonds. The van der Waals surface area contributed by atoms with Gasteiger partial charge in [0.1, 0.15) is 5.75 Å². The van der Waals surface area contributed by atoms with Crippen LogP contribution in [0.25, 0.3) is 0 Å². The fraction of sp³-hybridized carbons (Fsp3) is 0.600. The highest BCUT2D eigenvalue weighted by molar-refractivity contribution is 9.10. The van der Waals surface area contributed by atoms with E-state index < -0.39 is 0 Å². The summed E-state index contributed by atoms with van der Waals surface area (Å²) in [6.45, 7) is 4.70. The van der Waals surface area contributed by atoms with Gasteiger partial charge in [0.25, 0.3) is 0 Å². The maximum absolute atomic E-state index is 5.28. The van der Waals surface area contributed by atoms with Gasteiger partial charge in [-0.25, -0.2) is 0 Å². The quantitative estimate of drug-likeness (QED) is 0.874. The van der Waals surface area contributed by atoms with E-state index in [9.17, 15) is 0 Å². The van der Waals surface area contributed by atoms with Gasteiger partial charge in [-0.3, -0.25) is 0 Å². The maximum atomic E-state index is 5.28. The van der Waals surface area contributed by atoms with Crippen LogP contribution in [0.4, 0.5) is 5.69 Å². The summed E-state index contributed by atoms with van der Waals surface area (Å²) < 4.78 is 6.39. The Morgan fingerprint density at radius 3 is 2.72 bits per heavy atom. The Morgan fingerprint density at radius 2 is 2.06 bits per heavy atom.